The maximum atomic E-state index is 11.0. The van der Waals surface area contributed by atoms with E-state index in [9.17, 15) is 4.79 Å². The minimum atomic E-state index is -0.929. The first-order valence-electron chi connectivity index (χ1n) is 5.20. The number of pyridine rings is 1. The van der Waals surface area contributed by atoms with Crippen molar-refractivity contribution in [3.63, 3.8) is 0 Å². The number of aryl methyl sites for hydroxylation is 1. The van der Waals surface area contributed by atoms with Gasteiger partial charge in [0.1, 0.15) is 5.03 Å². The molecule has 1 N–H and O–H groups in total. The van der Waals surface area contributed by atoms with E-state index in [1.807, 2.05) is 6.07 Å². The number of carboxylic acids is 1. The third-order valence-corrected chi connectivity index (χ3v) is 3.80. The number of carboxylic acid groups (broad SMARTS) is 1. The first-order chi connectivity index (χ1) is 8.58. The summed E-state index contributed by atoms with van der Waals surface area (Å²) in [5.41, 5.74) is 1.03. The van der Waals surface area contributed by atoms with Crippen LogP contribution in [0.4, 0.5) is 0 Å². The lowest BCUT2D eigenvalue weighted by Crippen LogP contribution is -1.99. The van der Waals surface area contributed by atoms with Crippen LogP contribution in [0.25, 0.3) is 0 Å². The van der Waals surface area contributed by atoms with Crippen molar-refractivity contribution < 1.29 is 9.90 Å². The fourth-order valence-electron chi connectivity index (χ4n) is 1.45. The number of rotatable bonds is 3. The summed E-state index contributed by atoms with van der Waals surface area (Å²) < 4.78 is 0. The van der Waals surface area contributed by atoms with Gasteiger partial charge in [-0.05, 0) is 36.8 Å². The number of hydrogen-bond donors (Lipinski definition) is 1. The topological polar surface area (TPSA) is 50.2 Å². The Hall–Kier alpha value is -1.52. The molecule has 0 aliphatic rings. The Morgan fingerprint density at radius 3 is 2.83 bits per heavy atom. The van der Waals surface area contributed by atoms with Crippen LogP contribution in [-0.2, 0) is 0 Å². The van der Waals surface area contributed by atoms with Gasteiger partial charge < -0.3 is 5.11 Å². The van der Waals surface area contributed by atoms with E-state index in [2.05, 4.69) is 4.98 Å². The maximum Gasteiger partial charge on any atom is 0.335 e. The summed E-state index contributed by atoms with van der Waals surface area (Å²) in [6.45, 7) is 1.77. The standard InChI is InChI=1S/C13H10ClNO2S/c1-8-4-5-9(7-10(8)13(16)17)18-12-11(14)3-2-6-15-12/h2-7H,1H3,(H,16,17). The summed E-state index contributed by atoms with van der Waals surface area (Å²) in [5, 5.41) is 10.3. The molecular weight excluding hydrogens is 270 g/mol. The Kier molecular flexibility index (Phi) is 3.89. The molecule has 2 rings (SSSR count). The van der Waals surface area contributed by atoms with Crippen LogP contribution in [0.3, 0.4) is 0 Å². The van der Waals surface area contributed by atoms with Crippen LogP contribution in [-0.4, -0.2) is 16.1 Å². The summed E-state index contributed by atoms with van der Waals surface area (Å²) in [6.07, 6.45) is 1.65. The largest absolute Gasteiger partial charge is 0.478 e. The van der Waals surface area contributed by atoms with Crippen molar-refractivity contribution >= 4 is 29.3 Å². The number of halogens is 1. The molecular formula is C13H10ClNO2S. The van der Waals surface area contributed by atoms with Crippen LogP contribution >= 0.6 is 23.4 Å². The van der Waals surface area contributed by atoms with Gasteiger partial charge in [-0.3, -0.25) is 0 Å². The van der Waals surface area contributed by atoms with Crippen molar-refractivity contribution in [2.45, 2.75) is 16.8 Å². The Labute approximate surface area is 114 Å². The van der Waals surface area contributed by atoms with Crippen molar-refractivity contribution in [1.82, 2.24) is 4.98 Å². The molecule has 0 saturated heterocycles. The third-order valence-electron chi connectivity index (χ3n) is 2.38. The number of hydrogen-bond acceptors (Lipinski definition) is 3. The van der Waals surface area contributed by atoms with E-state index in [-0.39, 0.29) is 0 Å². The molecule has 0 aliphatic heterocycles. The van der Waals surface area contributed by atoms with E-state index >= 15 is 0 Å². The first-order valence-corrected chi connectivity index (χ1v) is 6.39. The van der Waals surface area contributed by atoms with Crippen LogP contribution in [0.2, 0.25) is 5.02 Å². The fourth-order valence-corrected chi connectivity index (χ4v) is 2.51. The molecule has 92 valence electrons. The molecule has 0 atom stereocenters. The molecule has 3 nitrogen and oxygen atoms in total. The van der Waals surface area contributed by atoms with E-state index in [0.29, 0.717) is 15.6 Å². The number of aromatic nitrogens is 1. The van der Waals surface area contributed by atoms with Crippen molar-refractivity contribution in [3.8, 4) is 0 Å². The molecule has 0 saturated carbocycles. The highest BCUT2D eigenvalue weighted by atomic mass is 35.5. The van der Waals surface area contributed by atoms with Gasteiger partial charge in [-0.25, -0.2) is 9.78 Å². The zero-order valence-electron chi connectivity index (χ0n) is 9.55. The Morgan fingerprint density at radius 2 is 2.17 bits per heavy atom. The maximum absolute atomic E-state index is 11.0. The molecule has 2 aromatic rings. The molecule has 5 heteroatoms. The first kappa shape index (κ1) is 12.9. The summed E-state index contributed by atoms with van der Waals surface area (Å²) >= 11 is 7.36. The Bertz CT molecular complexity index is 601. The highest BCUT2D eigenvalue weighted by molar-refractivity contribution is 7.99. The van der Waals surface area contributed by atoms with Crippen molar-refractivity contribution in [3.05, 3.63) is 52.7 Å². The van der Waals surface area contributed by atoms with E-state index in [1.54, 1.807) is 37.4 Å². The van der Waals surface area contributed by atoms with Gasteiger partial charge in [0.25, 0.3) is 0 Å². The minimum Gasteiger partial charge on any atom is -0.478 e. The SMILES string of the molecule is Cc1ccc(Sc2ncccc2Cl)cc1C(=O)O. The second kappa shape index (κ2) is 5.42. The molecule has 0 radical (unpaired) electrons. The van der Waals surface area contributed by atoms with Gasteiger partial charge >= 0.3 is 5.97 Å². The average Bonchev–Trinajstić information content (AvgIpc) is 2.34. The number of benzene rings is 1. The summed E-state index contributed by atoms with van der Waals surface area (Å²) in [5.74, 6) is -0.929. The third kappa shape index (κ3) is 2.83. The monoisotopic (exact) mass is 279 g/mol. The molecule has 0 unspecified atom stereocenters. The normalized spacial score (nSPS) is 10.3. The van der Waals surface area contributed by atoms with Gasteiger partial charge in [0, 0.05) is 11.1 Å². The second-order valence-electron chi connectivity index (χ2n) is 3.67. The molecule has 0 bridgehead atoms. The van der Waals surface area contributed by atoms with Crippen LogP contribution < -0.4 is 0 Å². The quantitative estimate of drug-likeness (QED) is 0.926. The number of carbonyl (C=O) groups is 1. The summed E-state index contributed by atoms with van der Waals surface area (Å²) in [7, 11) is 0. The van der Waals surface area contributed by atoms with Crippen molar-refractivity contribution in [2.75, 3.05) is 0 Å². The van der Waals surface area contributed by atoms with Crippen molar-refractivity contribution in [1.29, 1.82) is 0 Å². The van der Waals surface area contributed by atoms with Crippen LogP contribution in [0.15, 0.2) is 46.5 Å². The molecule has 18 heavy (non-hydrogen) atoms. The van der Waals surface area contributed by atoms with Gasteiger partial charge in [0.15, 0.2) is 0 Å². The zero-order chi connectivity index (χ0) is 13.1. The van der Waals surface area contributed by atoms with E-state index in [4.69, 9.17) is 16.7 Å². The van der Waals surface area contributed by atoms with Gasteiger partial charge in [-0.2, -0.15) is 0 Å². The average molecular weight is 280 g/mol. The molecule has 0 spiro atoms. The highest BCUT2D eigenvalue weighted by Crippen LogP contribution is 2.32. The summed E-state index contributed by atoms with van der Waals surface area (Å²) in [6, 6.07) is 8.78. The van der Waals surface area contributed by atoms with Crippen LogP contribution in [0, 0.1) is 6.92 Å². The lowest BCUT2D eigenvalue weighted by molar-refractivity contribution is 0.0696. The lowest BCUT2D eigenvalue weighted by Gasteiger charge is -2.05. The number of nitrogens with zero attached hydrogens (tertiary/aromatic N) is 1. The van der Waals surface area contributed by atoms with E-state index in [1.165, 1.54) is 11.8 Å². The van der Waals surface area contributed by atoms with Crippen LogP contribution in [0.5, 0.6) is 0 Å². The molecule has 1 aromatic carbocycles. The van der Waals surface area contributed by atoms with Gasteiger partial charge in [-0.1, -0.05) is 29.4 Å². The van der Waals surface area contributed by atoms with Gasteiger partial charge in [0.2, 0.25) is 0 Å². The lowest BCUT2D eigenvalue weighted by atomic mass is 10.1. The molecule has 1 aromatic heterocycles. The molecule has 1 heterocycles. The fraction of sp³-hybridized carbons (Fsp3) is 0.0769. The van der Waals surface area contributed by atoms with Crippen LogP contribution in [0.1, 0.15) is 15.9 Å². The van der Waals surface area contributed by atoms with E-state index < -0.39 is 5.97 Å². The Balaban J connectivity index is 2.33. The molecule has 0 amide bonds. The predicted octanol–water partition coefficient (Wildman–Crippen LogP) is 3.89. The Morgan fingerprint density at radius 1 is 1.39 bits per heavy atom. The number of aromatic carboxylic acids is 1. The minimum absolute atomic E-state index is 0.298. The van der Waals surface area contributed by atoms with Crippen molar-refractivity contribution in [2.24, 2.45) is 0 Å². The van der Waals surface area contributed by atoms with E-state index in [0.717, 1.165) is 10.5 Å². The zero-order valence-corrected chi connectivity index (χ0v) is 11.1. The van der Waals surface area contributed by atoms with Gasteiger partial charge in [0.05, 0.1) is 10.6 Å². The molecule has 0 fully saturated rings. The molecule has 0 aliphatic carbocycles. The smallest absolute Gasteiger partial charge is 0.335 e. The second-order valence-corrected chi connectivity index (χ2v) is 5.14. The summed E-state index contributed by atoms with van der Waals surface area (Å²) in [4.78, 5) is 16.0. The predicted molar refractivity (Wildman–Crippen MR) is 71.5 cm³/mol. The van der Waals surface area contributed by atoms with Gasteiger partial charge in [-0.15, -0.1) is 0 Å². The highest BCUT2D eigenvalue weighted by Gasteiger charge is 2.10.